The van der Waals surface area contributed by atoms with Crippen LogP contribution in [0.25, 0.3) is 0 Å². The van der Waals surface area contributed by atoms with E-state index in [0.29, 0.717) is 31.1 Å². The fourth-order valence-corrected chi connectivity index (χ4v) is 3.40. The Morgan fingerprint density at radius 1 is 0.935 bits per heavy atom. The molecular formula is C27H30FNO2. The van der Waals surface area contributed by atoms with Gasteiger partial charge in [-0.15, -0.1) is 6.58 Å². The second-order valence-corrected chi connectivity index (χ2v) is 7.33. The first-order valence-electron chi connectivity index (χ1n) is 10.7. The van der Waals surface area contributed by atoms with Crippen LogP contribution < -0.4 is 14.8 Å². The third-order valence-corrected chi connectivity index (χ3v) is 4.99. The zero-order chi connectivity index (χ0) is 22.1. The van der Waals surface area contributed by atoms with E-state index in [0.717, 1.165) is 28.8 Å². The number of aryl methyl sites for hydroxylation is 1. The molecule has 3 aromatic carbocycles. The summed E-state index contributed by atoms with van der Waals surface area (Å²) in [5, 5.41) is 3.47. The number of hydrogen-bond donors (Lipinski definition) is 1. The highest BCUT2D eigenvalue weighted by molar-refractivity contribution is 5.52. The van der Waals surface area contributed by atoms with Gasteiger partial charge >= 0.3 is 0 Å². The standard InChI is InChI=1S/C27H30FNO2/c1-4-8-23-15-22(18-29-25-13-11-20(5-2)12-14-25)17-26(30-6-3)27(23)31-19-21-9-7-10-24(28)16-21/h4,7,9-17,29H,1,5-6,8,18-19H2,2-3H3. The Labute approximate surface area is 184 Å². The number of ether oxygens (including phenoxy) is 2. The summed E-state index contributed by atoms with van der Waals surface area (Å²) in [5.41, 5.74) is 5.26. The van der Waals surface area contributed by atoms with Crippen molar-refractivity contribution in [2.75, 3.05) is 11.9 Å². The van der Waals surface area contributed by atoms with Crippen LogP contribution in [0.5, 0.6) is 11.5 Å². The maximum atomic E-state index is 13.5. The Hall–Kier alpha value is -3.27. The van der Waals surface area contributed by atoms with Gasteiger partial charge in [-0.2, -0.15) is 0 Å². The zero-order valence-corrected chi connectivity index (χ0v) is 18.3. The lowest BCUT2D eigenvalue weighted by molar-refractivity contribution is 0.266. The van der Waals surface area contributed by atoms with Crippen molar-refractivity contribution in [2.45, 2.75) is 39.8 Å². The van der Waals surface area contributed by atoms with Crippen molar-refractivity contribution in [3.63, 3.8) is 0 Å². The molecular weight excluding hydrogens is 389 g/mol. The van der Waals surface area contributed by atoms with Crippen LogP contribution in [-0.2, 0) is 26.0 Å². The highest BCUT2D eigenvalue weighted by atomic mass is 19.1. The molecule has 0 aliphatic rings. The van der Waals surface area contributed by atoms with E-state index in [1.165, 1.54) is 17.7 Å². The van der Waals surface area contributed by atoms with Crippen LogP contribution in [0, 0.1) is 5.82 Å². The van der Waals surface area contributed by atoms with Crippen molar-refractivity contribution in [1.29, 1.82) is 0 Å². The first-order chi connectivity index (χ1) is 15.1. The van der Waals surface area contributed by atoms with Gasteiger partial charge in [0.2, 0.25) is 0 Å². The molecule has 0 fully saturated rings. The van der Waals surface area contributed by atoms with Gasteiger partial charge in [0, 0.05) is 17.8 Å². The van der Waals surface area contributed by atoms with Gasteiger partial charge in [-0.25, -0.2) is 4.39 Å². The Morgan fingerprint density at radius 2 is 1.74 bits per heavy atom. The predicted molar refractivity (Wildman–Crippen MR) is 125 cm³/mol. The maximum Gasteiger partial charge on any atom is 0.165 e. The van der Waals surface area contributed by atoms with Gasteiger partial charge in [-0.05, 0) is 72.9 Å². The van der Waals surface area contributed by atoms with Gasteiger partial charge in [0.25, 0.3) is 0 Å². The van der Waals surface area contributed by atoms with Crippen LogP contribution in [0.1, 0.15) is 36.1 Å². The minimum atomic E-state index is -0.272. The van der Waals surface area contributed by atoms with Crippen LogP contribution in [0.4, 0.5) is 10.1 Å². The van der Waals surface area contributed by atoms with Crippen LogP contribution in [-0.4, -0.2) is 6.61 Å². The third-order valence-electron chi connectivity index (χ3n) is 4.99. The first kappa shape index (κ1) is 22.4. The molecule has 0 atom stereocenters. The fourth-order valence-electron chi connectivity index (χ4n) is 3.40. The van der Waals surface area contributed by atoms with Crippen LogP contribution in [0.3, 0.4) is 0 Å². The number of allylic oxidation sites excluding steroid dienone is 1. The second-order valence-electron chi connectivity index (χ2n) is 7.33. The number of halogens is 1. The van der Waals surface area contributed by atoms with E-state index >= 15 is 0 Å². The van der Waals surface area contributed by atoms with E-state index in [1.54, 1.807) is 6.07 Å². The third kappa shape index (κ3) is 6.35. The first-order valence-corrected chi connectivity index (χ1v) is 10.7. The molecule has 0 amide bonds. The smallest absolute Gasteiger partial charge is 0.165 e. The van der Waals surface area contributed by atoms with Gasteiger partial charge in [0.05, 0.1) is 6.61 Å². The lowest BCUT2D eigenvalue weighted by Crippen LogP contribution is -2.06. The Bertz CT molecular complexity index is 999. The number of nitrogens with one attached hydrogen (secondary N) is 1. The highest BCUT2D eigenvalue weighted by Crippen LogP contribution is 2.35. The molecule has 0 bridgehead atoms. The fraction of sp³-hybridized carbons (Fsp3) is 0.259. The Morgan fingerprint density at radius 3 is 2.42 bits per heavy atom. The summed E-state index contributed by atoms with van der Waals surface area (Å²) < 4.78 is 25.5. The van der Waals surface area contributed by atoms with E-state index in [9.17, 15) is 4.39 Å². The van der Waals surface area contributed by atoms with Crippen molar-refractivity contribution in [3.05, 3.63) is 101 Å². The normalized spacial score (nSPS) is 10.5. The van der Waals surface area contributed by atoms with Crippen molar-refractivity contribution in [3.8, 4) is 11.5 Å². The molecule has 0 aromatic heterocycles. The van der Waals surface area contributed by atoms with Crippen LogP contribution >= 0.6 is 0 Å². The summed E-state index contributed by atoms with van der Waals surface area (Å²) in [4.78, 5) is 0. The molecule has 0 spiro atoms. The highest BCUT2D eigenvalue weighted by Gasteiger charge is 2.14. The zero-order valence-electron chi connectivity index (χ0n) is 18.3. The van der Waals surface area contributed by atoms with Crippen molar-refractivity contribution >= 4 is 5.69 Å². The van der Waals surface area contributed by atoms with Crippen molar-refractivity contribution < 1.29 is 13.9 Å². The average Bonchev–Trinajstić information content (AvgIpc) is 2.78. The molecule has 0 aliphatic carbocycles. The van der Waals surface area contributed by atoms with Gasteiger partial charge in [-0.1, -0.05) is 37.3 Å². The van der Waals surface area contributed by atoms with Crippen molar-refractivity contribution in [2.24, 2.45) is 0 Å². The van der Waals surface area contributed by atoms with Gasteiger partial charge in [0.1, 0.15) is 12.4 Å². The molecule has 3 rings (SSSR count). The van der Waals surface area contributed by atoms with Crippen molar-refractivity contribution in [1.82, 2.24) is 0 Å². The molecule has 0 heterocycles. The number of hydrogen-bond acceptors (Lipinski definition) is 3. The van der Waals surface area contributed by atoms with Gasteiger partial charge < -0.3 is 14.8 Å². The molecule has 0 saturated heterocycles. The SMILES string of the molecule is C=CCc1cc(CNc2ccc(CC)cc2)cc(OCC)c1OCc1cccc(F)c1. The predicted octanol–water partition coefficient (Wildman–Crippen LogP) is 6.71. The minimum absolute atomic E-state index is 0.267. The largest absolute Gasteiger partial charge is 0.490 e. The molecule has 31 heavy (non-hydrogen) atoms. The van der Waals surface area contributed by atoms with Gasteiger partial charge in [0.15, 0.2) is 11.5 Å². The summed E-state index contributed by atoms with van der Waals surface area (Å²) in [5.74, 6) is 1.10. The molecule has 0 unspecified atom stereocenters. The summed E-state index contributed by atoms with van der Waals surface area (Å²) in [7, 11) is 0. The van der Waals surface area contributed by atoms with E-state index < -0.39 is 0 Å². The topological polar surface area (TPSA) is 30.5 Å². The van der Waals surface area contributed by atoms with Crippen LogP contribution in [0.15, 0.2) is 73.3 Å². The second kappa shape index (κ2) is 11.2. The van der Waals surface area contributed by atoms with E-state index in [1.807, 2.05) is 25.1 Å². The summed E-state index contributed by atoms with van der Waals surface area (Å²) >= 11 is 0. The van der Waals surface area contributed by atoms with Gasteiger partial charge in [-0.3, -0.25) is 0 Å². The number of rotatable bonds is 11. The van der Waals surface area contributed by atoms with E-state index in [4.69, 9.17) is 9.47 Å². The van der Waals surface area contributed by atoms with Crippen LogP contribution in [0.2, 0.25) is 0 Å². The lowest BCUT2D eigenvalue weighted by Gasteiger charge is -2.18. The summed E-state index contributed by atoms with van der Waals surface area (Å²) in [6.07, 6.45) is 3.53. The monoisotopic (exact) mass is 419 g/mol. The number of anilines is 1. The lowest BCUT2D eigenvalue weighted by atomic mass is 10.0. The van der Waals surface area contributed by atoms with E-state index in [2.05, 4.69) is 49.2 Å². The number of benzene rings is 3. The maximum absolute atomic E-state index is 13.5. The average molecular weight is 420 g/mol. The molecule has 0 radical (unpaired) electrons. The Balaban J connectivity index is 1.81. The molecule has 162 valence electrons. The quantitative estimate of drug-likeness (QED) is 0.351. The molecule has 3 nitrogen and oxygen atoms in total. The summed E-state index contributed by atoms with van der Waals surface area (Å²) in [6, 6.07) is 19.0. The molecule has 0 aliphatic heterocycles. The molecule has 4 heteroatoms. The minimum Gasteiger partial charge on any atom is -0.490 e. The van der Waals surface area contributed by atoms with E-state index in [-0.39, 0.29) is 12.4 Å². The molecule has 3 aromatic rings. The Kier molecular flexibility index (Phi) is 8.11. The molecule has 0 saturated carbocycles. The molecule has 1 N–H and O–H groups in total. The summed E-state index contributed by atoms with van der Waals surface area (Å²) in [6.45, 7) is 9.44.